The Bertz CT molecular complexity index is 389. The van der Waals surface area contributed by atoms with Crippen molar-refractivity contribution in [3.05, 3.63) is 11.7 Å². The third-order valence-corrected chi connectivity index (χ3v) is 2.98. The Morgan fingerprint density at radius 1 is 1.44 bits per heavy atom. The molecular formula is C13H23N3O2. The lowest BCUT2D eigenvalue weighted by molar-refractivity contribution is -0.132. The van der Waals surface area contributed by atoms with Gasteiger partial charge in [-0.2, -0.15) is 4.98 Å². The Hall–Kier alpha value is -0.940. The van der Waals surface area contributed by atoms with Crippen molar-refractivity contribution in [2.45, 2.75) is 58.8 Å². The van der Waals surface area contributed by atoms with Gasteiger partial charge in [0.2, 0.25) is 5.89 Å². The molecule has 2 rings (SSSR count). The fourth-order valence-electron chi connectivity index (χ4n) is 2.58. The molecular weight excluding hydrogens is 230 g/mol. The van der Waals surface area contributed by atoms with Crippen molar-refractivity contribution < 1.29 is 9.26 Å². The van der Waals surface area contributed by atoms with Crippen LogP contribution in [-0.2, 0) is 17.7 Å². The number of nitrogens with zero attached hydrogens (tertiary/aromatic N) is 3. The maximum absolute atomic E-state index is 5.88. The second kappa shape index (κ2) is 5.36. The highest BCUT2D eigenvalue weighted by Crippen LogP contribution is 2.21. The molecule has 1 aliphatic heterocycles. The van der Waals surface area contributed by atoms with Crippen LogP contribution >= 0.6 is 0 Å². The lowest BCUT2D eigenvalue weighted by Gasteiger charge is -2.41. The van der Waals surface area contributed by atoms with Crippen molar-refractivity contribution in [2.75, 3.05) is 13.1 Å². The van der Waals surface area contributed by atoms with Crippen molar-refractivity contribution in [1.29, 1.82) is 0 Å². The van der Waals surface area contributed by atoms with Gasteiger partial charge in [0.1, 0.15) is 0 Å². The maximum atomic E-state index is 5.88. The standard InChI is InChI=1S/C13H23N3O2/c1-5-6-11-14-12(18-15-11)8-16-7-10(2)17-13(3,4)9-16/h10H,5-9H2,1-4H3. The molecule has 0 radical (unpaired) electrons. The van der Waals surface area contributed by atoms with E-state index >= 15 is 0 Å². The van der Waals surface area contributed by atoms with Gasteiger partial charge in [-0.3, -0.25) is 4.90 Å². The highest BCUT2D eigenvalue weighted by Gasteiger charge is 2.31. The molecule has 5 heteroatoms. The summed E-state index contributed by atoms with van der Waals surface area (Å²) in [6, 6.07) is 0. The summed E-state index contributed by atoms with van der Waals surface area (Å²) in [6.07, 6.45) is 2.17. The number of ether oxygens (including phenoxy) is 1. The minimum absolute atomic E-state index is 0.107. The van der Waals surface area contributed by atoms with Gasteiger partial charge >= 0.3 is 0 Å². The maximum Gasteiger partial charge on any atom is 0.240 e. The first-order valence-electron chi connectivity index (χ1n) is 6.70. The SMILES string of the molecule is CCCc1noc(CN2CC(C)OC(C)(C)C2)n1. The van der Waals surface area contributed by atoms with E-state index in [9.17, 15) is 0 Å². The second-order valence-electron chi connectivity index (χ2n) is 5.71. The lowest BCUT2D eigenvalue weighted by Crippen LogP contribution is -2.51. The van der Waals surface area contributed by atoms with E-state index in [1.54, 1.807) is 0 Å². The third-order valence-electron chi connectivity index (χ3n) is 2.98. The normalized spacial score (nSPS) is 24.3. The molecule has 1 aromatic rings. The van der Waals surface area contributed by atoms with E-state index in [0.29, 0.717) is 12.4 Å². The van der Waals surface area contributed by atoms with Crippen LogP contribution in [-0.4, -0.2) is 39.8 Å². The van der Waals surface area contributed by atoms with Gasteiger partial charge in [0.15, 0.2) is 5.82 Å². The zero-order chi connectivity index (χ0) is 13.2. The average Bonchev–Trinajstić information content (AvgIpc) is 2.62. The molecule has 0 bridgehead atoms. The molecule has 102 valence electrons. The molecule has 1 aromatic heterocycles. The van der Waals surface area contributed by atoms with E-state index in [4.69, 9.17) is 9.26 Å². The first-order chi connectivity index (χ1) is 8.48. The van der Waals surface area contributed by atoms with Crippen LogP contribution in [0.3, 0.4) is 0 Å². The van der Waals surface area contributed by atoms with E-state index in [-0.39, 0.29) is 11.7 Å². The summed E-state index contributed by atoms with van der Waals surface area (Å²) < 4.78 is 11.2. The second-order valence-corrected chi connectivity index (χ2v) is 5.71. The number of morpholine rings is 1. The molecule has 1 unspecified atom stereocenters. The van der Waals surface area contributed by atoms with Crippen LogP contribution in [0, 0.1) is 0 Å². The van der Waals surface area contributed by atoms with Gasteiger partial charge < -0.3 is 9.26 Å². The van der Waals surface area contributed by atoms with Gasteiger partial charge in [-0.25, -0.2) is 0 Å². The Kier molecular flexibility index (Phi) is 4.02. The van der Waals surface area contributed by atoms with Crippen LogP contribution in [0.1, 0.15) is 45.8 Å². The molecule has 0 N–H and O–H groups in total. The zero-order valence-electron chi connectivity index (χ0n) is 11.8. The molecule has 0 aromatic carbocycles. The summed E-state index contributed by atoms with van der Waals surface area (Å²) in [5, 5.41) is 3.98. The number of aromatic nitrogens is 2. The van der Waals surface area contributed by atoms with Gasteiger partial charge in [-0.05, 0) is 27.2 Å². The van der Waals surface area contributed by atoms with E-state index in [2.05, 4.69) is 42.7 Å². The van der Waals surface area contributed by atoms with Gasteiger partial charge in [-0.15, -0.1) is 0 Å². The summed E-state index contributed by atoms with van der Waals surface area (Å²) >= 11 is 0. The lowest BCUT2D eigenvalue weighted by atomic mass is 10.1. The first-order valence-corrected chi connectivity index (χ1v) is 6.70. The molecule has 0 spiro atoms. The number of hydrogen-bond acceptors (Lipinski definition) is 5. The highest BCUT2D eigenvalue weighted by molar-refractivity contribution is 4.89. The topological polar surface area (TPSA) is 51.4 Å². The molecule has 1 saturated heterocycles. The molecule has 0 saturated carbocycles. The molecule has 18 heavy (non-hydrogen) atoms. The molecule has 2 heterocycles. The molecule has 1 atom stereocenters. The van der Waals surface area contributed by atoms with Gasteiger partial charge in [0.05, 0.1) is 18.2 Å². The first kappa shape index (κ1) is 13.5. The zero-order valence-corrected chi connectivity index (χ0v) is 11.8. The Morgan fingerprint density at radius 2 is 2.22 bits per heavy atom. The smallest absolute Gasteiger partial charge is 0.240 e. The van der Waals surface area contributed by atoms with Crippen molar-refractivity contribution in [3.63, 3.8) is 0 Å². The van der Waals surface area contributed by atoms with Crippen molar-refractivity contribution in [3.8, 4) is 0 Å². The monoisotopic (exact) mass is 253 g/mol. The largest absolute Gasteiger partial charge is 0.370 e. The minimum Gasteiger partial charge on any atom is -0.370 e. The van der Waals surface area contributed by atoms with Crippen LogP contribution in [0.2, 0.25) is 0 Å². The van der Waals surface area contributed by atoms with E-state index < -0.39 is 0 Å². The van der Waals surface area contributed by atoms with Crippen LogP contribution in [0.15, 0.2) is 4.52 Å². The average molecular weight is 253 g/mol. The van der Waals surface area contributed by atoms with Crippen molar-refractivity contribution in [1.82, 2.24) is 15.0 Å². The molecule has 1 fully saturated rings. The molecule has 0 aliphatic carbocycles. The fourth-order valence-corrected chi connectivity index (χ4v) is 2.58. The predicted octanol–water partition coefficient (Wildman–Crippen LogP) is 2.02. The van der Waals surface area contributed by atoms with Crippen molar-refractivity contribution >= 4 is 0 Å². The summed E-state index contributed by atoms with van der Waals surface area (Å²) in [5.41, 5.74) is -0.107. The summed E-state index contributed by atoms with van der Waals surface area (Å²) in [5.74, 6) is 1.52. The van der Waals surface area contributed by atoms with Crippen LogP contribution in [0.25, 0.3) is 0 Å². The van der Waals surface area contributed by atoms with Crippen LogP contribution in [0.4, 0.5) is 0 Å². The molecule has 5 nitrogen and oxygen atoms in total. The number of aryl methyl sites for hydroxylation is 1. The fraction of sp³-hybridized carbons (Fsp3) is 0.846. The molecule has 1 aliphatic rings. The number of rotatable bonds is 4. The van der Waals surface area contributed by atoms with E-state index in [1.165, 1.54) is 0 Å². The third kappa shape index (κ3) is 3.53. The summed E-state index contributed by atoms with van der Waals surface area (Å²) in [7, 11) is 0. The minimum atomic E-state index is -0.107. The highest BCUT2D eigenvalue weighted by atomic mass is 16.5. The summed E-state index contributed by atoms with van der Waals surface area (Å²) in [4.78, 5) is 6.72. The molecule has 0 amide bonds. The van der Waals surface area contributed by atoms with Gasteiger partial charge in [-0.1, -0.05) is 12.1 Å². The summed E-state index contributed by atoms with van der Waals surface area (Å²) in [6.45, 7) is 11.0. The quantitative estimate of drug-likeness (QED) is 0.821. The Balaban J connectivity index is 1.95. The Morgan fingerprint density at radius 3 is 2.89 bits per heavy atom. The van der Waals surface area contributed by atoms with E-state index in [0.717, 1.165) is 31.8 Å². The Labute approximate surface area is 108 Å². The van der Waals surface area contributed by atoms with Crippen LogP contribution < -0.4 is 0 Å². The van der Waals surface area contributed by atoms with Gasteiger partial charge in [0, 0.05) is 19.5 Å². The van der Waals surface area contributed by atoms with E-state index in [1.807, 2.05) is 0 Å². The van der Waals surface area contributed by atoms with Gasteiger partial charge in [0.25, 0.3) is 0 Å². The van der Waals surface area contributed by atoms with Crippen LogP contribution in [0.5, 0.6) is 0 Å². The number of hydrogen-bond donors (Lipinski definition) is 0. The predicted molar refractivity (Wildman–Crippen MR) is 68.2 cm³/mol. The van der Waals surface area contributed by atoms with Crippen molar-refractivity contribution in [2.24, 2.45) is 0 Å².